The first-order valence-electron chi connectivity index (χ1n) is 5.77. The maximum atomic E-state index is 12.0. The molecule has 0 aliphatic rings. The van der Waals surface area contributed by atoms with Crippen LogP contribution in [-0.4, -0.2) is 26.6 Å². The molecule has 1 rings (SSSR count). The van der Waals surface area contributed by atoms with Crippen LogP contribution in [0, 0.1) is 5.92 Å². The van der Waals surface area contributed by atoms with Gasteiger partial charge in [-0.1, -0.05) is 25.4 Å². The third kappa shape index (κ3) is 4.72. The molecular formula is C12H17ClN2O3S. The Morgan fingerprint density at radius 1 is 1.42 bits per heavy atom. The zero-order chi connectivity index (χ0) is 14.6. The number of anilines is 1. The molecule has 19 heavy (non-hydrogen) atoms. The fourth-order valence-corrected chi connectivity index (χ4v) is 2.76. The van der Waals surface area contributed by atoms with Gasteiger partial charge in [0.25, 0.3) is 0 Å². The standard InChI is InChI=1S/C12H17ClN2O3S/c1-8(2)6-15-12(16)7-19(17,18)9-3-4-11(14)10(13)5-9/h3-5,8H,6-7,14H2,1-2H3,(H,15,16). The Balaban J connectivity index is 2.81. The van der Waals surface area contributed by atoms with Crippen LogP contribution in [0.15, 0.2) is 23.1 Å². The highest BCUT2D eigenvalue weighted by molar-refractivity contribution is 7.92. The van der Waals surface area contributed by atoms with Crippen molar-refractivity contribution in [2.75, 3.05) is 18.0 Å². The van der Waals surface area contributed by atoms with Gasteiger partial charge in [-0.3, -0.25) is 4.79 Å². The summed E-state index contributed by atoms with van der Waals surface area (Å²) in [4.78, 5) is 11.5. The molecule has 106 valence electrons. The fraction of sp³-hybridized carbons (Fsp3) is 0.417. The van der Waals surface area contributed by atoms with Crippen molar-refractivity contribution in [3.8, 4) is 0 Å². The Hall–Kier alpha value is -1.27. The van der Waals surface area contributed by atoms with Crippen LogP contribution in [0.4, 0.5) is 5.69 Å². The number of hydrogen-bond acceptors (Lipinski definition) is 4. The Morgan fingerprint density at radius 2 is 2.05 bits per heavy atom. The van der Waals surface area contributed by atoms with Crippen molar-refractivity contribution in [3.05, 3.63) is 23.2 Å². The first-order chi connectivity index (χ1) is 8.72. The molecule has 0 radical (unpaired) electrons. The van der Waals surface area contributed by atoms with E-state index in [1.54, 1.807) is 0 Å². The van der Waals surface area contributed by atoms with E-state index in [1.165, 1.54) is 18.2 Å². The molecule has 0 fully saturated rings. The highest BCUT2D eigenvalue weighted by atomic mass is 35.5. The molecule has 1 aromatic carbocycles. The van der Waals surface area contributed by atoms with Crippen molar-refractivity contribution in [1.82, 2.24) is 5.32 Å². The van der Waals surface area contributed by atoms with E-state index >= 15 is 0 Å². The molecule has 5 nitrogen and oxygen atoms in total. The molecule has 0 bridgehead atoms. The van der Waals surface area contributed by atoms with E-state index in [2.05, 4.69) is 5.32 Å². The third-order valence-corrected chi connectivity index (χ3v) is 4.30. The molecule has 0 saturated heterocycles. The van der Waals surface area contributed by atoms with Gasteiger partial charge in [0.15, 0.2) is 9.84 Å². The Morgan fingerprint density at radius 3 is 2.58 bits per heavy atom. The first kappa shape index (κ1) is 15.8. The van der Waals surface area contributed by atoms with Gasteiger partial charge in [0.2, 0.25) is 5.91 Å². The van der Waals surface area contributed by atoms with Crippen molar-refractivity contribution >= 4 is 33.0 Å². The number of hydrogen-bond donors (Lipinski definition) is 2. The van der Waals surface area contributed by atoms with Gasteiger partial charge in [0.1, 0.15) is 5.75 Å². The zero-order valence-electron chi connectivity index (χ0n) is 10.8. The molecule has 0 aromatic heterocycles. The van der Waals surface area contributed by atoms with Gasteiger partial charge in [-0.05, 0) is 24.1 Å². The van der Waals surface area contributed by atoms with Crippen LogP contribution in [-0.2, 0) is 14.6 Å². The van der Waals surface area contributed by atoms with Crippen molar-refractivity contribution in [2.45, 2.75) is 18.7 Å². The predicted molar refractivity (Wildman–Crippen MR) is 75.8 cm³/mol. The molecule has 0 aliphatic carbocycles. The van der Waals surface area contributed by atoms with Gasteiger partial charge in [-0.25, -0.2) is 8.42 Å². The van der Waals surface area contributed by atoms with E-state index in [0.717, 1.165) is 0 Å². The van der Waals surface area contributed by atoms with Crippen LogP contribution in [0.3, 0.4) is 0 Å². The van der Waals surface area contributed by atoms with Crippen LogP contribution < -0.4 is 11.1 Å². The van der Waals surface area contributed by atoms with E-state index in [0.29, 0.717) is 12.2 Å². The van der Waals surface area contributed by atoms with Crippen LogP contribution in [0.5, 0.6) is 0 Å². The highest BCUT2D eigenvalue weighted by Crippen LogP contribution is 2.23. The smallest absolute Gasteiger partial charge is 0.235 e. The Bertz CT molecular complexity index is 570. The average Bonchev–Trinajstić information content (AvgIpc) is 2.29. The number of nitrogens with two attached hydrogens (primary N) is 1. The highest BCUT2D eigenvalue weighted by Gasteiger charge is 2.20. The summed E-state index contributed by atoms with van der Waals surface area (Å²) in [7, 11) is -3.70. The zero-order valence-corrected chi connectivity index (χ0v) is 12.4. The maximum absolute atomic E-state index is 12.0. The summed E-state index contributed by atoms with van der Waals surface area (Å²) < 4.78 is 24.0. The summed E-state index contributed by atoms with van der Waals surface area (Å²) in [6.45, 7) is 4.29. The number of amides is 1. The number of carbonyl (C=O) groups excluding carboxylic acids is 1. The number of carbonyl (C=O) groups is 1. The maximum Gasteiger partial charge on any atom is 0.235 e. The summed E-state index contributed by atoms with van der Waals surface area (Å²) in [6, 6.07) is 4.00. The minimum Gasteiger partial charge on any atom is -0.398 e. The molecule has 0 heterocycles. The second kappa shape index (κ2) is 6.25. The predicted octanol–water partition coefficient (Wildman–Crippen LogP) is 1.47. The van der Waals surface area contributed by atoms with E-state index in [9.17, 15) is 13.2 Å². The van der Waals surface area contributed by atoms with Gasteiger partial charge >= 0.3 is 0 Å². The minimum atomic E-state index is -3.70. The van der Waals surface area contributed by atoms with E-state index in [1.807, 2.05) is 13.8 Å². The average molecular weight is 305 g/mol. The van der Waals surface area contributed by atoms with E-state index < -0.39 is 21.5 Å². The Kier molecular flexibility index (Phi) is 5.20. The summed E-state index contributed by atoms with van der Waals surface area (Å²) in [6.07, 6.45) is 0. The lowest BCUT2D eigenvalue weighted by atomic mass is 10.2. The van der Waals surface area contributed by atoms with Gasteiger partial charge < -0.3 is 11.1 Å². The van der Waals surface area contributed by atoms with Crippen LogP contribution in [0.25, 0.3) is 0 Å². The summed E-state index contributed by atoms with van der Waals surface area (Å²) in [5.74, 6) is -0.862. The lowest BCUT2D eigenvalue weighted by Gasteiger charge is -2.09. The number of benzene rings is 1. The molecule has 0 unspecified atom stereocenters. The topological polar surface area (TPSA) is 89.3 Å². The largest absolute Gasteiger partial charge is 0.398 e. The van der Waals surface area contributed by atoms with Gasteiger partial charge in [0.05, 0.1) is 15.6 Å². The number of rotatable bonds is 5. The van der Waals surface area contributed by atoms with Gasteiger partial charge in [-0.2, -0.15) is 0 Å². The van der Waals surface area contributed by atoms with Gasteiger partial charge in [0, 0.05) is 6.54 Å². The second-order valence-corrected chi connectivity index (χ2v) is 7.04. The molecule has 0 atom stereocenters. The summed E-state index contributed by atoms with van der Waals surface area (Å²) >= 11 is 5.77. The molecule has 0 saturated carbocycles. The summed E-state index contributed by atoms with van der Waals surface area (Å²) in [5, 5.41) is 2.71. The van der Waals surface area contributed by atoms with E-state index in [-0.39, 0.29) is 15.8 Å². The molecule has 1 aromatic rings. The normalized spacial score (nSPS) is 11.6. The number of halogens is 1. The number of sulfone groups is 1. The third-order valence-electron chi connectivity index (χ3n) is 2.36. The first-order valence-corrected chi connectivity index (χ1v) is 7.80. The lowest BCUT2D eigenvalue weighted by Crippen LogP contribution is -2.32. The van der Waals surface area contributed by atoms with Crippen molar-refractivity contribution in [3.63, 3.8) is 0 Å². The second-order valence-electron chi connectivity index (χ2n) is 4.64. The monoisotopic (exact) mass is 304 g/mol. The van der Waals surface area contributed by atoms with E-state index in [4.69, 9.17) is 17.3 Å². The number of nitrogens with one attached hydrogen (secondary N) is 1. The molecule has 0 spiro atoms. The Labute approximate surface area is 118 Å². The molecule has 7 heteroatoms. The fourth-order valence-electron chi connectivity index (χ4n) is 1.33. The molecule has 0 aliphatic heterocycles. The quantitative estimate of drug-likeness (QED) is 0.806. The summed E-state index contributed by atoms with van der Waals surface area (Å²) in [5.41, 5.74) is 5.80. The molecular weight excluding hydrogens is 288 g/mol. The van der Waals surface area contributed by atoms with Crippen LogP contribution >= 0.6 is 11.6 Å². The molecule has 3 N–H and O–H groups in total. The SMILES string of the molecule is CC(C)CNC(=O)CS(=O)(=O)c1ccc(N)c(Cl)c1. The van der Waals surface area contributed by atoms with Crippen LogP contribution in [0.2, 0.25) is 5.02 Å². The number of nitrogen functional groups attached to an aromatic ring is 1. The van der Waals surface area contributed by atoms with Crippen LogP contribution in [0.1, 0.15) is 13.8 Å². The lowest BCUT2D eigenvalue weighted by molar-refractivity contribution is -0.118. The van der Waals surface area contributed by atoms with Crippen molar-refractivity contribution in [1.29, 1.82) is 0 Å². The van der Waals surface area contributed by atoms with Crippen molar-refractivity contribution in [2.24, 2.45) is 5.92 Å². The minimum absolute atomic E-state index is 0.00797. The van der Waals surface area contributed by atoms with Gasteiger partial charge in [-0.15, -0.1) is 0 Å². The molecule has 1 amide bonds. The van der Waals surface area contributed by atoms with Crippen molar-refractivity contribution < 1.29 is 13.2 Å².